The first-order valence-electron chi connectivity index (χ1n) is 7.02. The summed E-state index contributed by atoms with van der Waals surface area (Å²) in [5.74, 6) is 1.91. The van der Waals surface area contributed by atoms with Crippen LogP contribution in [0.1, 0.15) is 17.9 Å². The van der Waals surface area contributed by atoms with E-state index in [1.54, 1.807) is 23.1 Å². The molecule has 2 N–H and O–H groups in total. The van der Waals surface area contributed by atoms with Crippen molar-refractivity contribution in [2.45, 2.75) is 25.8 Å². The Labute approximate surface area is 138 Å². The molecule has 1 unspecified atom stereocenters. The summed E-state index contributed by atoms with van der Waals surface area (Å²) in [5.41, 5.74) is 1.59. The average molecular weight is 340 g/mol. The molecule has 0 fully saturated rings. The lowest BCUT2D eigenvalue weighted by molar-refractivity contribution is -0.121. The Morgan fingerprint density at radius 3 is 3.05 bits per heavy atom. The highest BCUT2D eigenvalue weighted by Gasteiger charge is 2.17. The third-order valence-electron chi connectivity index (χ3n) is 3.20. The molecule has 120 valence electrons. The van der Waals surface area contributed by atoms with E-state index < -0.39 is 0 Å². The van der Waals surface area contributed by atoms with Crippen molar-refractivity contribution in [3.05, 3.63) is 28.3 Å². The van der Waals surface area contributed by atoms with Crippen molar-refractivity contribution >= 4 is 29.0 Å². The van der Waals surface area contributed by atoms with Crippen LogP contribution in [-0.4, -0.2) is 40.7 Å². The number of rotatable bonds is 8. The molecule has 7 heteroatoms. The molecule has 0 aliphatic carbocycles. The van der Waals surface area contributed by atoms with Gasteiger partial charge in [-0.25, -0.2) is 4.98 Å². The van der Waals surface area contributed by atoms with Gasteiger partial charge in [0.05, 0.1) is 12.1 Å². The topological polar surface area (TPSA) is 75.4 Å². The van der Waals surface area contributed by atoms with E-state index in [-0.39, 0.29) is 25.0 Å². The van der Waals surface area contributed by atoms with Crippen molar-refractivity contribution in [3.8, 4) is 11.5 Å². The number of thiophene rings is 1. The number of carbonyl (C=O) groups is 1. The Bertz CT molecular complexity index is 590. The number of aromatic nitrogens is 1. The molecule has 2 aromatic heterocycles. The minimum Gasteiger partial charge on any atom is -0.441 e. The first-order valence-corrected chi connectivity index (χ1v) is 9.35. The fourth-order valence-electron chi connectivity index (χ4n) is 2.09. The van der Waals surface area contributed by atoms with Crippen LogP contribution in [0.4, 0.5) is 0 Å². The zero-order valence-corrected chi connectivity index (χ0v) is 14.3. The van der Waals surface area contributed by atoms with Gasteiger partial charge in [0.15, 0.2) is 0 Å². The molecule has 0 bridgehead atoms. The second-order valence-corrected chi connectivity index (χ2v) is 6.63. The number of oxazole rings is 1. The molecular formula is C15H20N2O3S2. The number of nitrogens with one attached hydrogen (secondary N) is 1. The summed E-state index contributed by atoms with van der Waals surface area (Å²) in [5, 5.41) is 15.9. The summed E-state index contributed by atoms with van der Waals surface area (Å²) < 4.78 is 5.63. The summed E-state index contributed by atoms with van der Waals surface area (Å²) in [6.07, 6.45) is 2.73. The maximum atomic E-state index is 12.1. The van der Waals surface area contributed by atoms with Gasteiger partial charge in [-0.1, -0.05) is 0 Å². The molecule has 1 amide bonds. The second-order valence-electron chi connectivity index (χ2n) is 4.94. The molecule has 0 aliphatic heterocycles. The van der Waals surface area contributed by atoms with Crippen LogP contribution in [0.25, 0.3) is 11.5 Å². The smallest absolute Gasteiger partial charge is 0.227 e. The van der Waals surface area contributed by atoms with Crippen LogP contribution in [0.5, 0.6) is 0 Å². The van der Waals surface area contributed by atoms with E-state index in [1.807, 2.05) is 30.0 Å². The molecule has 0 aromatic carbocycles. The van der Waals surface area contributed by atoms with Crippen LogP contribution in [-0.2, 0) is 11.2 Å². The van der Waals surface area contributed by atoms with Gasteiger partial charge >= 0.3 is 0 Å². The lowest BCUT2D eigenvalue weighted by atomic mass is 10.2. The minimum atomic E-state index is -0.0965. The Kier molecular flexibility index (Phi) is 6.48. The maximum absolute atomic E-state index is 12.1. The third kappa shape index (κ3) is 4.59. The first kappa shape index (κ1) is 17.1. The number of aliphatic hydroxyl groups excluding tert-OH is 1. The summed E-state index contributed by atoms with van der Waals surface area (Å²) in [6.45, 7) is 1.88. The van der Waals surface area contributed by atoms with E-state index in [0.29, 0.717) is 23.8 Å². The van der Waals surface area contributed by atoms with Gasteiger partial charge in [0.25, 0.3) is 0 Å². The van der Waals surface area contributed by atoms with E-state index in [2.05, 4.69) is 10.3 Å². The SMILES string of the molecule is CSCC(CCO)NC(=O)Cc1nc(-c2ccsc2)oc1C. The van der Waals surface area contributed by atoms with Gasteiger partial charge in [-0.2, -0.15) is 23.1 Å². The molecule has 0 saturated heterocycles. The number of amides is 1. The molecule has 22 heavy (non-hydrogen) atoms. The molecular weight excluding hydrogens is 320 g/mol. The quantitative estimate of drug-likeness (QED) is 0.772. The van der Waals surface area contributed by atoms with Crippen molar-refractivity contribution in [1.82, 2.24) is 10.3 Å². The summed E-state index contributed by atoms with van der Waals surface area (Å²) in [7, 11) is 0. The largest absolute Gasteiger partial charge is 0.441 e. The molecule has 1 atom stereocenters. The van der Waals surface area contributed by atoms with Crippen LogP contribution in [0, 0.1) is 6.92 Å². The highest BCUT2D eigenvalue weighted by atomic mass is 32.2. The van der Waals surface area contributed by atoms with Crippen molar-refractivity contribution in [2.75, 3.05) is 18.6 Å². The van der Waals surface area contributed by atoms with Gasteiger partial charge < -0.3 is 14.8 Å². The van der Waals surface area contributed by atoms with Crippen molar-refractivity contribution < 1.29 is 14.3 Å². The normalized spacial score (nSPS) is 12.3. The van der Waals surface area contributed by atoms with Crippen LogP contribution < -0.4 is 5.32 Å². The number of aliphatic hydroxyl groups is 1. The first-order chi connectivity index (χ1) is 10.6. The Hall–Kier alpha value is -1.31. The molecule has 2 rings (SSSR count). The van der Waals surface area contributed by atoms with E-state index in [1.165, 1.54) is 0 Å². The van der Waals surface area contributed by atoms with Gasteiger partial charge in [-0.3, -0.25) is 4.79 Å². The fourth-order valence-corrected chi connectivity index (χ4v) is 3.37. The van der Waals surface area contributed by atoms with Crippen molar-refractivity contribution in [3.63, 3.8) is 0 Å². The number of thioether (sulfide) groups is 1. The van der Waals surface area contributed by atoms with Crippen molar-refractivity contribution in [1.29, 1.82) is 0 Å². The Morgan fingerprint density at radius 1 is 1.59 bits per heavy atom. The van der Waals surface area contributed by atoms with Crippen LogP contribution in [0.3, 0.4) is 0 Å². The Morgan fingerprint density at radius 2 is 2.41 bits per heavy atom. The molecule has 2 heterocycles. The molecule has 5 nitrogen and oxygen atoms in total. The van der Waals surface area contributed by atoms with Gasteiger partial charge in [-0.05, 0) is 31.0 Å². The standard InChI is InChI=1S/C15H20N2O3S2/c1-10-13(17-15(20-10)11-4-6-22-8-11)7-14(19)16-12(3-5-18)9-21-2/h4,6,8,12,18H,3,5,7,9H2,1-2H3,(H,16,19). The summed E-state index contributed by atoms with van der Waals surface area (Å²) in [4.78, 5) is 16.6. The molecule has 0 radical (unpaired) electrons. The predicted molar refractivity (Wildman–Crippen MR) is 90.3 cm³/mol. The van der Waals surface area contributed by atoms with E-state index >= 15 is 0 Å². The predicted octanol–water partition coefficient (Wildman–Crippen LogP) is 2.48. The zero-order chi connectivity index (χ0) is 15.9. The van der Waals surface area contributed by atoms with Crippen molar-refractivity contribution in [2.24, 2.45) is 0 Å². The lowest BCUT2D eigenvalue weighted by Crippen LogP contribution is -2.38. The number of carbonyl (C=O) groups excluding carboxylic acids is 1. The maximum Gasteiger partial charge on any atom is 0.227 e. The monoisotopic (exact) mass is 340 g/mol. The number of aryl methyl sites for hydroxylation is 1. The zero-order valence-electron chi connectivity index (χ0n) is 12.7. The molecule has 0 spiro atoms. The van der Waals surface area contributed by atoms with Gasteiger partial charge in [0.1, 0.15) is 5.76 Å². The Balaban J connectivity index is 1.99. The van der Waals surface area contributed by atoms with Gasteiger partial charge in [-0.15, -0.1) is 0 Å². The number of hydrogen-bond acceptors (Lipinski definition) is 6. The summed E-state index contributed by atoms with van der Waals surface area (Å²) in [6, 6.07) is 1.92. The van der Waals surface area contributed by atoms with Crippen LogP contribution in [0.15, 0.2) is 21.2 Å². The highest BCUT2D eigenvalue weighted by molar-refractivity contribution is 7.98. The van der Waals surface area contributed by atoms with Gasteiger partial charge in [0.2, 0.25) is 11.8 Å². The van der Waals surface area contributed by atoms with Gasteiger partial charge in [0, 0.05) is 29.3 Å². The number of hydrogen-bond donors (Lipinski definition) is 2. The molecule has 0 aliphatic rings. The van der Waals surface area contributed by atoms with E-state index in [4.69, 9.17) is 9.52 Å². The lowest BCUT2D eigenvalue weighted by Gasteiger charge is -2.16. The summed E-state index contributed by atoms with van der Waals surface area (Å²) >= 11 is 3.22. The third-order valence-corrected chi connectivity index (χ3v) is 4.62. The highest BCUT2D eigenvalue weighted by Crippen LogP contribution is 2.24. The van der Waals surface area contributed by atoms with E-state index in [0.717, 1.165) is 11.3 Å². The number of nitrogens with zero attached hydrogens (tertiary/aromatic N) is 1. The second kappa shape index (κ2) is 8.36. The molecule has 2 aromatic rings. The van der Waals surface area contributed by atoms with Crippen LogP contribution >= 0.6 is 23.1 Å². The molecule has 0 saturated carbocycles. The minimum absolute atomic E-state index is 0.0175. The average Bonchev–Trinajstić information content (AvgIpc) is 3.10. The van der Waals surface area contributed by atoms with E-state index in [9.17, 15) is 4.79 Å². The fraction of sp³-hybridized carbons (Fsp3) is 0.467. The van der Waals surface area contributed by atoms with Crippen LogP contribution in [0.2, 0.25) is 0 Å².